The predicted molar refractivity (Wildman–Crippen MR) is 81.2 cm³/mol. The molecular weight excluding hydrogens is 322 g/mol. The molecule has 3 rings (SSSR count). The number of nitrogens with zero attached hydrogens (tertiary/aromatic N) is 1. The zero-order valence-corrected chi connectivity index (χ0v) is 13.0. The number of aromatic nitrogens is 2. The van der Waals surface area contributed by atoms with Crippen molar-refractivity contribution < 1.29 is 9.47 Å². The molecule has 0 unspecified atom stereocenters. The summed E-state index contributed by atoms with van der Waals surface area (Å²) in [5.41, 5.74) is 8.70. The standard InChI is InChI=1S/C14H16BrN3O2/c1-7(2)12-13(9-6-11(16)18-17-9)8(15)5-10-14(12)20-4-3-19-10/h5-7H,3-4H2,1-2H3,(H3,16,17,18). The summed E-state index contributed by atoms with van der Waals surface area (Å²) >= 11 is 3.62. The maximum absolute atomic E-state index is 5.83. The minimum atomic E-state index is 0.280. The predicted octanol–water partition coefficient (Wildman–Crippen LogP) is 3.32. The first-order valence-corrected chi connectivity index (χ1v) is 7.30. The van der Waals surface area contributed by atoms with Crippen molar-refractivity contribution in [1.29, 1.82) is 0 Å². The third-order valence-electron chi connectivity index (χ3n) is 3.27. The average molecular weight is 338 g/mol. The Labute approximate surface area is 125 Å². The zero-order valence-electron chi connectivity index (χ0n) is 11.4. The summed E-state index contributed by atoms with van der Waals surface area (Å²) in [6.45, 7) is 5.40. The summed E-state index contributed by atoms with van der Waals surface area (Å²) in [6.07, 6.45) is 0. The number of rotatable bonds is 2. The molecule has 0 fully saturated rings. The summed E-state index contributed by atoms with van der Waals surface area (Å²) in [7, 11) is 0. The fourth-order valence-electron chi connectivity index (χ4n) is 2.47. The second-order valence-electron chi connectivity index (χ2n) is 5.03. The number of anilines is 1. The van der Waals surface area contributed by atoms with Crippen LogP contribution in [0.1, 0.15) is 25.3 Å². The second kappa shape index (κ2) is 5.01. The first kappa shape index (κ1) is 13.3. The SMILES string of the molecule is CC(C)c1c2c(cc(Br)c1-c1cc(N)n[nH]1)OCCO2. The van der Waals surface area contributed by atoms with Gasteiger partial charge in [-0.1, -0.05) is 13.8 Å². The van der Waals surface area contributed by atoms with E-state index < -0.39 is 0 Å². The van der Waals surface area contributed by atoms with Gasteiger partial charge < -0.3 is 15.2 Å². The topological polar surface area (TPSA) is 73.2 Å². The Bertz CT molecular complexity index is 652. The van der Waals surface area contributed by atoms with Crippen LogP contribution < -0.4 is 15.2 Å². The van der Waals surface area contributed by atoms with Gasteiger partial charge in [-0.2, -0.15) is 5.10 Å². The Hall–Kier alpha value is -1.69. The Kier molecular flexibility index (Phi) is 3.33. The van der Waals surface area contributed by atoms with Gasteiger partial charge in [0, 0.05) is 21.7 Å². The minimum absolute atomic E-state index is 0.280. The normalized spacial score (nSPS) is 13.8. The number of hydrogen-bond acceptors (Lipinski definition) is 4. The lowest BCUT2D eigenvalue weighted by Crippen LogP contribution is -2.17. The molecule has 0 radical (unpaired) electrons. The molecular formula is C14H16BrN3O2. The van der Waals surface area contributed by atoms with E-state index in [0.717, 1.165) is 32.8 Å². The largest absolute Gasteiger partial charge is 0.486 e. The van der Waals surface area contributed by atoms with Crippen molar-refractivity contribution >= 4 is 21.7 Å². The number of nitrogens with two attached hydrogens (primary N) is 1. The van der Waals surface area contributed by atoms with Gasteiger partial charge in [0.1, 0.15) is 19.0 Å². The fraction of sp³-hybridized carbons (Fsp3) is 0.357. The van der Waals surface area contributed by atoms with Gasteiger partial charge in [0.25, 0.3) is 0 Å². The Morgan fingerprint density at radius 2 is 2.05 bits per heavy atom. The summed E-state index contributed by atoms with van der Waals surface area (Å²) in [5, 5.41) is 6.97. The van der Waals surface area contributed by atoms with E-state index >= 15 is 0 Å². The molecule has 1 aromatic carbocycles. The van der Waals surface area contributed by atoms with Crippen LogP contribution >= 0.6 is 15.9 Å². The number of ether oxygens (including phenoxy) is 2. The lowest BCUT2D eigenvalue weighted by molar-refractivity contribution is 0.169. The highest BCUT2D eigenvalue weighted by Gasteiger charge is 2.25. The van der Waals surface area contributed by atoms with E-state index in [-0.39, 0.29) is 5.92 Å². The van der Waals surface area contributed by atoms with Gasteiger partial charge in [-0.15, -0.1) is 0 Å². The fourth-order valence-corrected chi connectivity index (χ4v) is 3.10. The molecule has 0 amide bonds. The van der Waals surface area contributed by atoms with Crippen molar-refractivity contribution in [3.63, 3.8) is 0 Å². The molecule has 5 nitrogen and oxygen atoms in total. The molecule has 0 spiro atoms. The molecule has 3 N–H and O–H groups in total. The Morgan fingerprint density at radius 1 is 1.30 bits per heavy atom. The first-order chi connectivity index (χ1) is 9.58. The number of aromatic amines is 1. The molecule has 0 atom stereocenters. The maximum atomic E-state index is 5.83. The third-order valence-corrected chi connectivity index (χ3v) is 3.89. The van der Waals surface area contributed by atoms with Gasteiger partial charge in [-0.25, -0.2) is 0 Å². The van der Waals surface area contributed by atoms with Crippen LogP contribution in [0.5, 0.6) is 11.5 Å². The van der Waals surface area contributed by atoms with Gasteiger partial charge >= 0.3 is 0 Å². The molecule has 2 heterocycles. The van der Waals surface area contributed by atoms with Gasteiger partial charge in [-0.05, 0) is 27.9 Å². The van der Waals surface area contributed by atoms with E-state index in [9.17, 15) is 0 Å². The van der Waals surface area contributed by atoms with Gasteiger partial charge in [0.05, 0.1) is 5.69 Å². The van der Waals surface area contributed by atoms with E-state index in [0.29, 0.717) is 19.0 Å². The van der Waals surface area contributed by atoms with E-state index in [1.807, 2.05) is 12.1 Å². The van der Waals surface area contributed by atoms with Crippen molar-refractivity contribution in [2.24, 2.45) is 0 Å². The molecule has 6 heteroatoms. The molecule has 20 heavy (non-hydrogen) atoms. The average Bonchev–Trinajstić information content (AvgIpc) is 2.83. The molecule has 1 aliphatic rings. The summed E-state index contributed by atoms with van der Waals surface area (Å²) in [4.78, 5) is 0. The number of H-pyrrole nitrogens is 1. The van der Waals surface area contributed by atoms with Crippen molar-refractivity contribution in [2.45, 2.75) is 19.8 Å². The number of nitrogen functional groups attached to an aromatic ring is 1. The number of halogens is 1. The first-order valence-electron chi connectivity index (χ1n) is 6.51. The van der Waals surface area contributed by atoms with Crippen LogP contribution in [0.25, 0.3) is 11.3 Å². The lowest BCUT2D eigenvalue weighted by atomic mass is 9.93. The summed E-state index contributed by atoms with van der Waals surface area (Å²) < 4.78 is 12.5. The molecule has 106 valence electrons. The zero-order chi connectivity index (χ0) is 14.3. The third kappa shape index (κ3) is 2.14. The number of benzene rings is 1. The van der Waals surface area contributed by atoms with Crippen LogP contribution in [-0.2, 0) is 0 Å². The lowest BCUT2D eigenvalue weighted by Gasteiger charge is -2.25. The Balaban J connectivity index is 2.27. The molecule has 0 saturated heterocycles. The molecule has 0 saturated carbocycles. The van der Waals surface area contributed by atoms with Gasteiger partial charge in [-0.3, -0.25) is 5.10 Å². The van der Waals surface area contributed by atoms with Crippen molar-refractivity contribution in [2.75, 3.05) is 18.9 Å². The monoisotopic (exact) mass is 337 g/mol. The number of hydrogen-bond donors (Lipinski definition) is 2. The van der Waals surface area contributed by atoms with E-state index in [2.05, 4.69) is 40.0 Å². The minimum Gasteiger partial charge on any atom is -0.486 e. The van der Waals surface area contributed by atoms with E-state index in [1.54, 1.807) is 0 Å². The maximum Gasteiger partial charge on any atom is 0.165 e. The van der Waals surface area contributed by atoms with Crippen LogP contribution in [0, 0.1) is 0 Å². The second-order valence-corrected chi connectivity index (χ2v) is 5.89. The quantitative estimate of drug-likeness (QED) is 0.881. The van der Waals surface area contributed by atoms with Crippen LogP contribution in [-0.4, -0.2) is 23.4 Å². The highest BCUT2D eigenvalue weighted by atomic mass is 79.9. The molecule has 0 bridgehead atoms. The Morgan fingerprint density at radius 3 is 2.70 bits per heavy atom. The summed E-state index contributed by atoms with van der Waals surface area (Å²) in [5.74, 6) is 2.35. The van der Waals surface area contributed by atoms with Crippen molar-refractivity contribution in [3.8, 4) is 22.8 Å². The molecule has 1 aromatic heterocycles. The molecule has 2 aromatic rings. The summed E-state index contributed by atoms with van der Waals surface area (Å²) in [6, 6.07) is 3.76. The van der Waals surface area contributed by atoms with Crippen LogP contribution in [0.15, 0.2) is 16.6 Å². The van der Waals surface area contributed by atoms with Gasteiger partial charge in [0.15, 0.2) is 11.5 Å². The smallest absolute Gasteiger partial charge is 0.165 e. The van der Waals surface area contributed by atoms with E-state index in [1.165, 1.54) is 0 Å². The van der Waals surface area contributed by atoms with Gasteiger partial charge in [0.2, 0.25) is 0 Å². The van der Waals surface area contributed by atoms with E-state index in [4.69, 9.17) is 15.2 Å². The molecule has 1 aliphatic heterocycles. The number of fused-ring (bicyclic) bond motifs is 1. The van der Waals surface area contributed by atoms with Crippen molar-refractivity contribution in [1.82, 2.24) is 10.2 Å². The number of nitrogens with one attached hydrogen (secondary N) is 1. The van der Waals surface area contributed by atoms with Crippen LogP contribution in [0.4, 0.5) is 5.82 Å². The molecule has 0 aliphatic carbocycles. The highest BCUT2D eigenvalue weighted by molar-refractivity contribution is 9.10. The van der Waals surface area contributed by atoms with Crippen LogP contribution in [0.2, 0.25) is 0 Å². The van der Waals surface area contributed by atoms with Crippen molar-refractivity contribution in [3.05, 3.63) is 22.2 Å². The van der Waals surface area contributed by atoms with Crippen LogP contribution in [0.3, 0.4) is 0 Å². The highest BCUT2D eigenvalue weighted by Crippen LogP contribution is 2.47.